The first kappa shape index (κ1) is 16.8. The van der Waals surface area contributed by atoms with Crippen LogP contribution in [0, 0.1) is 10.1 Å². The Bertz CT molecular complexity index is 610. The average Bonchev–Trinajstić information content (AvgIpc) is 2.45. The number of nitrogens with one attached hydrogen (secondary N) is 1. The minimum Gasteiger partial charge on any atom is -0.495 e. The minimum atomic E-state index is -2.97. The molecule has 0 bridgehead atoms. The monoisotopic (exact) mass is 377 g/mol. The SMILES string of the molecule is COc1cc([N+](=O)[O-])c(C=NC2CCNCC2(F)F)cc1Br. The van der Waals surface area contributed by atoms with Gasteiger partial charge in [0.2, 0.25) is 0 Å². The minimum absolute atomic E-state index is 0.145. The molecule has 0 amide bonds. The third-order valence-corrected chi connectivity index (χ3v) is 3.95. The third-order valence-electron chi connectivity index (χ3n) is 3.33. The molecule has 0 spiro atoms. The summed E-state index contributed by atoms with van der Waals surface area (Å²) in [6.45, 7) is -0.00456. The molecule has 6 nitrogen and oxygen atoms in total. The van der Waals surface area contributed by atoms with Gasteiger partial charge in [0.25, 0.3) is 11.6 Å². The molecule has 1 aliphatic heterocycles. The molecule has 1 aliphatic rings. The van der Waals surface area contributed by atoms with E-state index in [1.807, 2.05) is 0 Å². The smallest absolute Gasteiger partial charge is 0.282 e. The lowest BCUT2D eigenvalue weighted by molar-refractivity contribution is -0.385. The van der Waals surface area contributed by atoms with E-state index in [1.54, 1.807) is 0 Å². The van der Waals surface area contributed by atoms with E-state index in [2.05, 4.69) is 26.2 Å². The summed E-state index contributed by atoms with van der Waals surface area (Å²) >= 11 is 3.21. The molecule has 22 heavy (non-hydrogen) atoms. The van der Waals surface area contributed by atoms with E-state index in [4.69, 9.17) is 4.74 Å². The molecule has 0 aromatic heterocycles. The zero-order valence-corrected chi connectivity index (χ0v) is 13.3. The normalized spacial score (nSPS) is 21.0. The number of hydrogen-bond acceptors (Lipinski definition) is 5. The predicted molar refractivity (Wildman–Crippen MR) is 81.2 cm³/mol. The van der Waals surface area contributed by atoms with Gasteiger partial charge in [-0.1, -0.05) is 0 Å². The number of alkyl halides is 2. The Hall–Kier alpha value is -1.61. The van der Waals surface area contributed by atoms with Gasteiger partial charge >= 0.3 is 0 Å². The van der Waals surface area contributed by atoms with Crippen LogP contribution in [-0.4, -0.2) is 43.3 Å². The molecule has 0 radical (unpaired) electrons. The lowest BCUT2D eigenvalue weighted by Crippen LogP contribution is -2.48. The number of ether oxygens (including phenoxy) is 1. The lowest BCUT2D eigenvalue weighted by atomic mass is 10.0. The Labute approximate surface area is 133 Å². The molecule has 0 saturated carbocycles. The van der Waals surface area contributed by atoms with Crippen molar-refractivity contribution < 1.29 is 18.4 Å². The van der Waals surface area contributed by atoms with Gasteiger partial charge < -0.3 is 10.1 Å². The number of nitrogens with zero attached hydrogens (tertiary/aromatic N) is 2. The van der Waals surface area contributed by atoms with Crippen LogP contribution in [-0.2, 0) is 0 Å². The molecule has 1 atom stereocenters. The average molecular weight is 378 g/mol. The van der Waals surface area contributed by atoms with Gasteiger partial charge in [-0.05, 0) is 35.0 Å². The molecule has 120 valence electrons. The molecule has 1 aromatic rings. The van der Waals surface area contributed by atoms with Gasteiger partial charge in [0.15, 0.2) is 0 Å². The Morgan fingerprint density at radius 3 is 2.91 bits per heavy atom. The number of methoxy groups -OCH3 is 1. The molecule has 0 aliphatic carbocycles. The van der Waals surface area contributed by atoms with Crippen LogP contribution in [0.15, 0.2) is 21.6 Å². The largest absolute Gasteiger partial charge is 0.495 e. The summed E-state index contributed by atoms with van der Waals surface area (Å²) in [4.78, 5) is 14.4. The fourth-order valence-corrected chi connectivity index (χ4v) is 2.68. The van der Waals surface area contributed by atoms with Crippen LogP contribution in [0.25, 0.3) is 0 Å². The number of halogens is 3. The van der Waals surface area contributed by atoms with Crippen LogP contribution in [0.1, 0.15) is 12.0 Å². The highest BCUT2D eigenvalue weighted by molar-refractivity contribution is 9.10. The van der Waals surface area contributed by atoms with Crippen LogP contribution in [0.2, 0.25) is 0 Å². The first-order valence-electron chi connectivity index (χ1n) is 6.49. The van der Waals surface area contributed by atoms with Crippen LogP contribution in [0.3, 0.4) is 0 Å². The first-order valence-corrected chi connectivity index (χ1v) is 7.28. The van der Waals surface area contributed by atoms with Crippen LogP contribution < -0.4 is 10.1 Å². The highest BCUT2D eigenvalue weighted by atomic mass is 79.9. The number of nitro benzene ring substituents is 1. The maximum atomic E-state index is 13.7. The van der Waals surface area contributed by atoms with Crippen molar-refractivity contribution in [2.75, 3.05) is 20.2 Å². The van der Waals surface area contributed by atoms with E-state index >= 15 is 0 Å². The maximum Gasteiger partial charge on any atom is 0.282 e. The molecule has 1 saturated heterocycles. The number of hydrogen-bond donors (Lipinski definition) is 1. The number of piperidine rings is 1. The van der Waals surface area contributed by atoms with Crippen molar-refractivity contribution in [2.45, 2.75) is 18.4 Å². The second kappa shape index (κ2) is 6.66. The zero-order valence-electron chi connectivity index (χ0n) is 11.7. The van der Waals surface area contributed by atoms with Gasteiger partial charge in [0.1, 0.15) is 11.8 Å². The van der Waals surface area contributed by atoms with Gasteiger partial charge in [-0.2, -0.15) is 0 Å². The maximum absolute atomic E-state index is 13.7. The van der Waals surface area contributed by atoms with Crippen molar-refractivity contribution >= 4 is 27.8 Å². The molecule has 1 aromatic carbocycles. The Balaban J connectivity index is 2.34. The van der Waals surface area contributed by atoms with Crippen LogP contribution in [0.4, 0.5) is 14.5 Å². The van der Waals surface area contributed by atoms with E-state index in [1.165, 1.54) is 19.2 Å². The summed E-state index contributed by atoms with van der Waals surface area (Å²) in [5.74, 6) is -2.68. The fourth-order valence-electron chi connectivity index (χ4n) is 2.15. The summed E-state index contributed by atoms with van der Waals surface area (Å²) in [5, 5.41) is 13.7. The lowest BCUT2D eigenvalue weighted by Gasteiger charge is -2.28. The van der Waals surface area contributed by atoms with Gasteiger partial charge in [0, 0.05) is 6.21 Å². The van der Waals surface area contributed by atoms with E-state index < -0.39 is 23.4 Å². The quantitative estimate of drug-likeness (QED) is 0.497. The van der Waals surface area contributed by atoms with Gasteiger partial charge in [-0.25, -0.2) is 8.78 Å². The van der Waals surface area contributed by atoms with Gasteiger partial charge in [-0.3, -0.25) is 15.1 Å². The Morgan fingerprint density at radius 2 is 2.32 bits per heavy atom. The molecule has 1 fully saturated rings. The third kappa shape index (κ3) is 3.58. The zero-order chi connectivity index (χ0) is 16.3. The summed E-state index contributed by atoms with van der Waals surface area (Å²) in [6.07, 6.45) is 1.31. The predicted octanol–water partition coefficient (Wildman–Crippen LogP) is 2.78. The fraction of sp³-hybridized carbons (Fsp3) is 0.462. The summed E-state index contributed by atoms with van der Waals surface area (Å²) < 4.78 is 32.9. The number of rotatable bonds is 4. The van der Waals surface area contributed by atoms with Crippen LogP contribution in [0.5, 0.6) is 5.75 Å². The second-order valence-electron chi connectivity index (χ2n) is 4.82. The van der Waals surface area contributed by atoms with E-state index in [0.29, 0.717) is 11.0 Å². The number of nitro groups is 1. The number of benzene rings is 1. The molecule has 1 unspecified atom stereocenters. The molecular weight excluding hydrogens is 364 g/mol. The van der Waals surface area contributed by atoms with E-state index in [-0.39, 0.29) is 23.4 Å². The van der Waals surface area contributed by atoms with Crippen molar-refractivity contribution in [1.82, 2.24) is 5.32 Å². The van der Waals surface area contributed by atoms with Crippen molar-refractivity contribution in [2.24, 2.45) is 4.99 Å². The Morgan fingerprint density at radius 1 is 1.59 bits per heavy atom. The second-order valence-corrected chi connectivity index (χ2v) is 5.68. The molecule has 2 rings (SSSR count). The van der Waals surface area contributed by atoms with Crippen molar-refractivity contribution in [3.05, 3.63) is 32.3 Å². The summed E-state index contributed by atoms with van der Waals surface area (Å²) in [6, 6.07) is 1.47. The summed E-state index contributed by atoms with van der Waals surface area (Å²) in [5.41, 5.74) is -0.104. The first-order chi connectivity index (χ1) is 10.3. The highest BCUT2D eigenvalue weighted by Gasteiger charge is 2.41. The van der Waals surface area contributed by atoms with Crippen LogP contribution >= 0.6 is 15.9 Å². The van der Waals surface area contributed by atoms with E-state index in [9.17, 15) is 18.9 Å². The topological polar surface area (TPSA) is 76.8 Å². The molecular formula is C13H14BrF2N3O3. The molecule has 1 N–H and O–H groups in total. The number of aliphatic imine (C=N–C) groups is 1. The van der Waals surface area contributed by atoms with Gasteiger partial charge in [0.05, 0.1) is 34.7 Å². The molecule has 9 heteroatoms. The van der Waals surface area contributed by atoms with Crippen molar-refractivity contribution in [3.63, 3.8) is 0 Å². The van der Waals surface area contributed by atoms with Crippen molar-refractivity contribution in [1.29, 1.82) is 0 Å². The highest BCUT2D eigenvalue weighted by Crippen LogP contribution is 2.32. The standard InChI is InChI=1S/C13H14BrF2N3O3/c1-22-11-5-10(19(20)21)8(4-9(11)14)6-18-12-2-3-17-7-13(12,15)16/h4-6,12,17H,2-3,7H2,1H3. The Kier molecular flexibility index (Phi) is 5.07. The van der Waals surface area contributed by atoms with Crippen molar-refractivity contribution in [3.8, 4) is 5.75 Å². The summed E-state index contributed by atoms with van der Waals surface area (Å²) in [7, 11) is 1.38. The van der Waals surface area contributed by atoms with E-state index in [0.717, 1.165) is 6.21 Å². The molecule has 1 heterocycles. The van der Waals surface area contributed by atoms with Gasteiger partial charge in [-0.15, -0.1) is 0 Å².